The average molecular weight is 535 g/mol. The van der Waals surface area contributed by atoms with E-state index in [-0.39, 0.29) is 16.3 Å². The topological polar surface area (TPSA) is 84.7 Å². The molecule has 2 fully saturated rings. The molecule has 3 aromatic rings. The molecule has 1 aromatic heterocycles. The molecule has 1 saturated carbocycles. The zero-order valence-electron chi connectivity index (χ0n) is 22.0. The summed E-state index contributed by atoms with van der Waals surface area (Å²) in [5.74, 6) is 0.424. The van der Waals surface area contributed by atoms with E-state index in [4.69, 9.17) is 4.74 Å². The predicted octanol–water partition coefficient (Wildman–Crippen LogP) is 4.00. The van der Waals surface area contributed by atoms with Gasteiger partial charge in [-0.05, 0) is 106 Å². The molecule has 1 saturated heterocycles. The molecule has 0 bridgehead atoms. The molecule has 9 heteroatoms. The molecule has 6 rings (SSSR count). The molecule has 3 aliphatic rings. The third-order valence-corrected chi connectivity index (χ3v) is 9.43. The smallest absolute Gasteiger partial charge is 0.277 e. The maximum absolute atomic E-state index is 13.9. The number of rotatable bonds is 8. The van der Waals surface area contributed by atoms with E-state index < -0.39 is 9.84 Å². The quantitative estimate of drug-likeness (QED) is 0.434. The van der Waals surface area contributed by atoms with E-state index >= 15 is 0 Å². The lowest BCUT2D eigenvalue weighted by Crippen LogP contribution is -2.39. The van der Waals surface area contributed by atoms with Crippen molar-refractivity contribution in [1.29, 1.82) is 0 Å². The fourth-order valence-electron chi connectivity index (χ4n) is 5.99. The maximum Gasteiger partial charge on any atom is 0.277 e. The van der Waals surface area contributed by atoms with Gasteiger partial charge in [-0.2, -0.15) is 5.10 Å². The summed E-state index contributed by atoms with van der Waals surface area (Å²) in [6.07, 6.45) is 7.82. The van der Waals surface area contributed by atoms with Crippen molar-refractivity contribution in [2.45, 2.75) is 49.0 Å². The Morgan fingerprint density at radius 2 is 1.61 bits per heavy atom. The summed E-state index contributed by atoms with van der Waals surface area (Å²) in [7, 11) is -2.03. The third kappa shape index (κ3) is 4.52. The number of ether oxygens (including phenoxy) is 1. The SMILES string of the molecule is COc1ccc(-n2nc(S(C)(=O)=O)c3c2C(=O)N(c2ccc(C4(CCN5CCCC5)CC4)cc2)CC3)cc1. The Morgan fingerprint density at radius 3 is 2.21 bits per heavy atom. The molecule has 200 valence electrons. The number of sulfone groups is 1. The molecule has 0 unspecified atom stereocenters. The number of hydrogen-bond acceptors (Lipinski definition) is 6. The van der Waals surface area contributed by atoms with Gasteiger partial charge in [-0.1, -0.05) is 12.1 Å². The van der Waals surface area contributed by atoms with Crippen LogP contribution in [0.5, 0.6) is 5.75 Å². The number of carbonyl (C=O) groups is 1. The van der Waals surface area contributed by atoms with Gasteiger partial charge >= 0.3 is 0 Å². The van der Waals surface area contributed by atoms with Crippen molar-refractivity contribution < 1.29 is 17.9 Å². The fraction of sp³-hybridized carbons (Fsp3) is 0.448. The molecule has 0 atom stereocenters. The number of hydrogen-bond donors (Lipinski definition) is 0. The van der Waals surface area contributed by atoms with Crippen molar-refractivity contribution in [3.63, 3.8) is 0 Å². The van der Waals surface area contributed by atoms with Crippen LogP contribution in [-0.4, -0.2) is 68.5 Å². The summed E-state index contributed by atoms with van der Waals surface area (Å²) in [5.41, 5.74) is 3.85. The molecule has 0 spiro atoms. The molecule has 38 heavy (non-hydrogen) atoms. The highest BCUT2D eigenvalue weighted by Crippen LogP contribution is 2.51. The number of methoxy groups -OCH3 is 1. The normalized spacial score (nSPS) is 19.0. The number of benzene rings is 2. The van der Waals surface area contributed by atoms with Crippen molar-refractivity contribution >= 4 is 21.4 Å². The Balaban J connectivity index is 1.28. The first-order valence-corrected chi connectivity index (χ1v) is 15.3. The van der Waals surface area contributed by atoms with Crippen molar-refractivity contribution in [2.75, 3.05) is 44.4 Å². The highest BCUT2D eigenvalue weighted by Gasteiger charge is 2.44. The van der Waals surface area contributed by atoms with Crippen LogP contribution >= 0.6 is 0 Å². The lowest BCUT2D eigenvalue weighted by Gasteiger charge is -2.28. The Labute approximate surface area is 224 Å². The largest absolute Gasteiger partial charge is 0.497 e. The van der Waals surface area contributed by atoms with E-state index in [1.807, 2.05) is 12.1 Å². The van der Waals surface area contributed by atoms with Gasteiger partial charge in [0, 0.05) is 24.1 Å². The number of anilines is 1. The van der Waals surface area contributed by atoms with Crippen molar-refractivity contribution in [1.82, 2.24) is 14.7 Å². The maximum atomic E-state index is 13.9. The van der Waals surface area contributed by atoms with Gasteiger partial charge in [0.1, 0.15) is 11.4 Å². The van der Waals surface area contributed by atoms with Gasteiger partial charge in [-0.15, -0.1) is 0 Å². The summed E-state index contributed by atoms with van der Waals surface area (Å²) in [6.45, 7) is 4.01. The van der Waals surface area contributed by atoms with E-state index in [1.54, 1.807) is 36.3 Å². The first kappa shape index (κ1) is 25.1. The van der Waals surface area contributed by atoms with E-state index in [2.05, 4.69) is 22.1 Å². The average Bonchev–Trinajstić information content (AvgIpc) is 3.32. The zero-order chi connectivity index (χ0) is 26.5. The fourth-order valence-corrected chi connectivity index (χ4v) is 6.87. The van der Waals surface area contributed by atoms with Gasteiger partial charge in [0.25, 0.3) is 5.91 Å². The van der Waals surface area contributed by atoms with Gasteiger partial charge in [0.2, 0.25) is 0 Å². The number of nitrogens with zero attached hydrogens (tertiary/aromatic N) is 4. The molecule has 3 heterocycles. The second kappa shape index (κ2) is 9.54. The molecule has 0 N–H and O–H groups in total. The minimum absolute atomic E-state index is 0.0275. The summed E-state index contributed by atoms with van der Waals surface area (Å²) in [5, 5.41) is 4.38. The number of carbonyl (C=O) groups excluding carboxylic acids is 1. The summed E-state index contributed by atoms with van der Waals surface area (Å²) in [6, 6.07) is 15.5. The van der Waals surface area contributed by atoms with Crippen molar-refractivity contribution in [3.05, 3.63) is 65.4 Å². The summed E-state index contributed by atoms with van der Waals surface area (Å²) >= 11 is 0. The molecular weight excluding hydrogens is 500 g/mol. The molecule has 2 aliphatic heterocycles. The standard InChI is InChI=1S/C29H34N4O4S/c1-37-24-11-9-23(10-12-24)33-26-25(27(30-33)38(2,35)36)13-19-32(28(26)34)22-7-5-21(6-8-22)29(14-15-29)16-20-31-17-3-4-18-31/h5-12H,3-4,13-20H2,1-2H3. The van der Waals surface area contributed by atoms with Crippen molar-refractivity contribution in [2.24, 2.45) is 0 Å². The number of amides is 1. The lowest BCUT2D eigenvalue weighted by atomic mass is 9.92. The summed E-state index contributed by atoms with van der Waals surface area (Å²) < 4.78 is 31.8. The first-order valence-electron chi connectivity index (χ1n) is 13.4. The molecule has 2 aromatic carbocycles. The van der Waals surface area contributed by atoms with E-state index in [9.17, 15) is 13.2 Å². The van der Waals surface area contributed by atoms with E-state index in [1.165, 1.54) is 55.4 Å². The Bertz CT molecular complexity index is 1450. The van der Waals surface area contributed by atoms with Gasteiger partial charge in [-0.3, -0.25) is 4.79 Å². The van der Waals surface area contributed by atoms with Crippen LogP contribution in [0.2, 0.25) is 0 Å². The van der Waals surface area contributed by atoms with Crippen LogP contribution in [0, 0.1) is 0 Å². The lowest BCUT2D eigenvalue weighted by molar-refractivity contribution is 0.0973. The third-order valence-electron chi connectivity index (χ3n) is 8.40. The van der Waals surface area contributed by atoms with E-state index in [0.717, 1.165) is 18.5 Å². The Hall–Kier alpha value is -3.17. The highest BCUT2D eigenvalue weighted by molar-refractivity contribution is 7.90. The molecular formula is C29H34N4O4S. The van der Waals surface area contributed by atoms with Crippen molar-refractivity contribution in [3.8, 4) is 11.4 Å². The number of fused-ring (bicyclic) bond motifs is 1. The van der Waals surface area contributed by atoms with Crippen LogP contribution < -0.4 is 9.64 Å². The Kier molecular flexibility index (Phi) is 6.31. The minimum atomic E-state index is -3.61. The molecule has 0 radical (unpaired) electrons. The second-order valence-electron chi connectivity index (χ2n) is 10.8. The van der Waals surface area contributed by atoms with Gasteiger partial charge < -0.3 is 14.5 Å². The van der Waals surface area contributed by atoms with Crippen LogP contribution in [0.3, 0.4) is 0 Å². The summed E-state index contributed by atoms with van der Waals surface area (Å²) in [4.78, 5) is 18.2. The second-order valence-corrected chi connectivity index (χ2v) is 12.8. The van der Waals surface area contributed by atoms with Gasteiger partial charge in [-0.25, -0.2) is 13.1 Å². The van der Waals surface area contributed by atoms with Gasteiger partial charge in [0.15, 0.2) is 14.9 Å². The molecule has 1 amide bonds. The number of likely N-dealkylation sites (tertiary alicyclic amines) is 1. The first-order chi connectivity index (χ1) is 18.3. The van der Waals surface area contributed by atoms with Crippen LogP contribution in [-0.2, 0) is 21.7 Å². The van der Waals surface area contributed by atoms with Crippen LogP contribution in [0.25, 0.3) is 5.69 Å². The Morgan fingerprint density at radius 1 is 0.947 bits per heavy atom. The molecule has 8 nitrogen and oxygen atoms in total. The highest BCUT2D eigenvalue weighted by atomic mass is 32.2. The molecule has 1 aliphatic carbocycles. The predicted molar refractivity (Wildman–Crippen MR) is 146 cm³/mol. The monoisotopic (exact) mass is 534 g/mol. The van der Waals surface area contributed by atoms with Crippen LogP contribution in [0.15, 0.2) is 53.6 Å². The van der Waals surface area contributed by atoms with Gasteiger partial charge in [0.05, 0.1) is 12.8 Å². The van der Waals surface area contributed by atoms with Crippen LogP contribution in [0.1, 0.15) is 53.7 Å². The zero-order valence-corrected chi connectivity index (χ0v) is 22.8. The minimum Gasteiger partial charge on any atom is -0.497 e. The van der Waals surface area contributed by atoms with Crippen LogP contribution in [0.4, 0.5) is 5.69 Å². The number of aromatic nitrogens is 2. The van der Waals surface area contributed by atoms with E-state index in [0.29, 0.717) is 35.7 Å².